The van der Waals surface area contributed by atoms with Crippen LogP contribution in [0.2, 0.25) is 0 Å². The fraction of sp³-hybridized carbons (Fsp3) is 0.538. The molecule has 0 spiro atoms. The average molecular weight is 249 g/mol. The second kappa shape index (κ2) is 4.84. The van der Waals surface area contributed by atoms with Crippen LogP contribution in [0.5, 0.6) is 0 Å². The number of nitrogens with zero attached hydrogens (tertiary/aromatic N) is 2. The van der Waals surface area contributed by atoms with Gasteiger partial charge in [-0.05, 0) is 24.3 Å². The number of carbonyl (C=O) groups is 1. The van der Waals surface area contributed by atoms with Crippen LogP contribution in [0, 0.1) is 11.8 Å². The summed E-state index contributed by atoms with van der Waals surface area (Å²) in [6.07, 6.45) is 2.54. The number of hydrogen-bond donors (Lipinski definition) is 2. The number of aromatic nitrogens is 1. The van der Waals surface area contributed by atoms with Crippen LogP contribution in [-0.2, 0) is 0 Å². The molecule has 2 heterocycles. The van der Waals surface area contributed by atoms with Gasteiger partial charge >= 0.3 is 5.97 Å². The number of aromatic carboxylic acids is 1. The van der Waals surface area contributed by atoms with Crippen molar-refractivity contribution in [1.29, 1.82) is 0 Å². The minimum absolute atomic E-state index is 0.131. The zero-order valence-electron chi connectivity index (χ0n) is 10.8. The monoisotopic (exact) mass is 249 g/mol. The van der Waals surface area contributed by atoms with Crippen molar-refractivity contribution in [3.8, 4) is 0 Å². The highest BCUT2D eigenvalue weighted by molar-refractivity contribution is 5.94. The summed E-state index contributed by atoms with van der Waals surface area (Å²) in [5.41, 5.74) is 5.95. The fourth-order valence-electron chi connectivity index (χ4n) is 2.28. The summed E-state index contributed by atoms with van der Waals surface area (Å²) in [5.74, 6) is 0.996. The van der Waals surface area contributed by atoms with Crippen LogP contribution in [0.3, 0.4) is 0 Å². The molecule has 1 aliphatic rings. The van der Waals surface area contributed by atoms with E-state index in [1.165, 1.54) is 6.20 Å². The van der Waals surface area contributed by atoms with Crippen molar-refractivity contribution in [2.75, 3.05) is 23.7 Å². The number of hydrogen-bond acceptors (Lipinski definition) is 4. The molecule has 1 aliphatic heterocycles. The lowest BCUT2D eigenvalue weighted by Gasteiger charge is -2.36. The van der Waals surface area contributed by atoms with Crippen molar-refractivity contribution in [2.24, 2.45) is 11.8 Å². The molecule has 0 aliphatic carbocycles. The number of carboxylic acid groups (broad SMARTS) is 1. The summed E-state index contributed by atoms with van der Waals surface area (Å²) in [4.78, 5) is 17.4. The molecule has 2 atom stereocenters. The molecule has 1 saturated heterocycles. The Hall–Kier alpha value is -1.78. The summed E-state index contributed by atoms with van der Waals surface area (Å²) in [5, 5.41) is 9.06. The third kappa shape index (κ3) is 2.39. The average Bonchev–Trinajstić information content (AvgIpc) is 2.33. The van der Waals surface area contributed by atoms with Gasteiger partial charge in [0.25, 0.3) is 0 Å². The van der Waals surface area contributed by atoms with E-state index in [1.807, 2.05) is 0 Å². The standard InChI is InChI=1S/C13H19N3O2/c1-8-3-4-16(7-9(8)2)12-5-10(13(17)18)11(14)6-15-12/h5-6,8-9H,3-4,7,14H2,1-2H3,(H,17,18). The quantitative estimate of drug-likeness (QED) is 0.836. The van der Waals surface area contributed by atoms with Crippen molar-refractivity contribution in [1.82, 2.24) is 4.98 Å². The lowest BCUT2D eigenvalue weighted by atomic mass is 9.89. The Balaban J connectivity index is 2.24. The number of carboxylic acids is 1. The van der Waals surface area contributed by atoms with E-state index in [0.717, 1.165) is 19.5 Å². The molecule has 98 valence electrons. The number of rotatable bonds is 2. The highest BCUT2D eigenvalue weighted by Gasteiger charge is 2.24. The summed E-state index contributed by atoms with van der Waals surface area (Å²) in [7, 11) is 0. The van der Waals surface area contributed by atoms with Gasteiger partial charge in [0.15, 0.2) is 0 Å². The molecule has 2 unspecified atom stereocenters. The van der Waals surface area contributed by atoms with Crippen molar-refractivity contribution >= 4 is 17.5 Å². The molecule has 1 aromatic heterocycles. The lowest BCUT2D eigenvalue weighted by Crippen LogP contribution is -2.39. The van der Waals surface area contributed by atoms with Crippen LogP contribution in [0.1, 0.15) is 30.6 Å². The molecule has 0 bridgehead atoms. The van der Waals surface area contributed by atoms with Gasteiger partial charge in [0, 0.05) is 13.1 Å². The number of nitrogens with two attached hydrogens (primary N) is 1. The minimum atomic E-state index is -1.01. The zero-order chi connectivity index (χ0) is 13.3. The summed E-state index contributed by atoms with van der Waals surface area (Å²) < 4.78 is 0. The first-order chi connectivity index (χ1) is 8.49. The van der Waals surface area contributed by atoms with E-state index in [-0.39, 0.29) is 11.3 Å². The van der Waals surface area contributed by atoms with Crippen LogP contribution in [0.4, 0.5) is 11.5 Å². The van der Waals surface area contributed by atoms with E-state index in [1.54, 1.807) is 6.07 Å². The first-order valence-electron chi connectivity index (χ1n) is 6.22. The zero-order valence-corrected chi connectivity index (χ0v) is 10.8. The highest BCUT2D eigenvalue weighted by atomic mass is 16.4. The van der Waals surface area contributed by atoms with Gasteiger partial charge in [0.05, 0.1) is 17.4 Å². The number of pyridine rings is 1. The lowest BCUT2D eigenvalue weighted by molar-refractivity contribution is 0.0698. The van der Waals surface area contributed by atoms with E-state index in [9.17, 15) is 4.79 Å². The van der Waals surface area contributed by atoms with E-state index in [2.05, 4.69) is 23.7 Å². The fourth-order valence-corrected chi connectivity index (χ4v) is 2.28. The molecule has 1 aromatic rings. The van der Waals surface area contributed by atoms with Crippen LogP contribution < -0.4 is 10.6 Å². The Bertz CT molecular complexity index is 462. The van der Waals surface area contributed by atoms with Crippen molar-refractivity contribution < 1.29 is 9.90 Å². The largest absolute Gasteiger partial charge is 0.478 e. The predicted octanol–water partition coefficient (Wildman–Crippen LogP) is 1.84. The topological polar surface area (TPSA) is 79.5 Å². The molecule has 5 heteroatoms. The Morgan fingerprint density at radius 2 is 2.22 bits per heavy atom. The van der Waals surface area contributed by atoms with E-state index < -0.39 is 5.97 Å². The molecule has 5 nitrogen and oxygen atoms in total. The van der Waals surface area contributed by atoms with Gasteiger partial charge in [-0.25, -0.2) is 9.78 Å². The molecule has 2 rings (SSSR count). The Labute approximate surface area is 107 Å². The molecule has 0 saturated carbocycles. The van der Waals surface area contributed by atoms with Gasteiger partial charge < -0.3 is 15.7 Å². The normalized spacial score (nSPS) is 24.0. The van der Waals surface area contributed by atoms with Gasteiger partial charge in [-0.1, -0.05) is 13.8 Å². The van der Waals surface area contributed by atoms with E-state index in [4.69, 9.17) is 10.8 Å². The van der Waals surface area contributed by atoms with Crippen LogP contribution in [0.15, 0.2) is 12.3 Å². The summed E-state index contributed by atoms with van der Waals surface area (Å²) >= 11 is 0. The van der Waals surface area contributed by atoms with Crippen molar-refractivity contribution in [3.63, 3.8) is 0 Å². The van der Waals surface area contributed by atoms with Gasteiger partial charge in [0.1, 0.15) is 5.82 Å². The van der Waals surface area contributed by atoms with Crippen LogP contribution in [0.25, 0.3) is 0 Å². The summed E-state index contributed by atoms with van der Waals surface area (Å²) in [6, 6.07) is 1.57. The second-order valence-corrected chi connectivity index (χ2v) is 5.12. The first-order valence-corrected chi connectivity index (χ1v) is 6.22. The van der Waals surface area contributed by atoms with E-state index >= 15 is 0 Å². The van der Waals surface area contributed by atoms with Crippen molar-refractivity contribution in [2.45, 2.75) is 20.3 Å². The third-order valence-corrected chi connectivity index (χ3v) is 3.81. The van der Waals surface area contributed by atoms with Crippen LogP contribution in [-0.4, -0.2) is 29.1 Å². The minimum Gasteiger partial charge on any atom is -0.478 e. The maximum absolute atomic E-state index is 11.0. The molecule has 1 fully saturated rings. The van der Waals surface area contributed by atoms with Gasteiger partial charge in [-0.3, -0.25) is 0 Å². The van der Waals surface area contributed by atoms with Crippen LogP contribution >= 0.6 is 0 Å². The predicted molar refractivity (Wildman–Crippen MR) is 70.8 cm³/mol. The second-order valence-electron chi connectivity index (χ2n) is 5.12. The third-order valence-electron chi connectivity index (χ3n) is 3.81. The van der Waals surface area contributed by atoms with Gasteiger partial charge in [-0.15, -0.1) is 0 Å². The molecular formula is C13H19N3O2. The number of nitrogen functional groups attached to an aromatic ring is 1. The first kappa shape index (κ1) is 12.7. The Morgan fingerprint density at radius 3 is 2.83 bits per heavy atom. The molecule has 0 amide bonds. The Kier molecular flexibility index (Phi) is 3.41. The number of piperidine rings is 1. The van der Waals surface area contributed by atoms with Gasteiger partial charge in [-0.2, -0.15) is 0 Å². The summed E-state index contributed by atoms with van der Waals surface area (Å²) in [6.45, 7) is 6.30. The Morgan fingerprint density at radius 1 is 1.50 bits per heavy atom. The number of anilines is 2. The highest BCUT2D eigenvalue weighted by Crippen LogP contribution is 2.27. The van der Waals surface area contributed by atoms with Gasteiger partial charge in [0.2, 0.25) is 0 Å². The molecule has 0 radical (unpaired) electrons. The smallest absolute Gasteiger partial charge is 0.337 e. The van der Waals surface area contributed by atoms with E-state index in [0.29, 0.717) is 17.7 Å². The molecule has 0 aromatic carbocycles. The molecule has 3 N–H and O–H groups in total. The molecular weight excluding hydrogens is 230 g/mol. The maximum Gasteiger partial charge on any atom is 0.337 e. The maximum atomic E-state index is 11.0. The SMILES string of the molecule is CC1CCN(c2cc(C(=O)O)c(N)cn2)CC1C. The van der Waals surface area contributed by atoms with Crippen molar-refractivity contribution in [3.05, 3.63) is 17.8 Å². The molecule has 18 heavy (non-hydrogen) atoms.